The lowest BCUT2D eigenvalue weighted by atomic mass is 9.95. The third kappa shape index (κ3) is 8.70. The van der Waals surface area contributed by atoms with E-state index >= 15 is 0 Å². The molecule has 1 fully saturated rings. The average Bonchev–Trinajstić information content (AvgIpc) is 3.03. The van der Waals surface area contributed by atoms with E-state index in [1.165, 1.54) is 5.56 Å². The molecule has 35 heavy (non-hydrogen) atoms. The van der Waals surface area contributed by atoms with Crippen LogP contribution in [-0.4, -0.2) is 48.6 Å². The molecule has 3 atom stereocenters. The van der Waals surface area contributed by atoms with Crippen LogP contribution in [0, 0.1) is 5.92 Å². The van der Waals surface area contributed by atoms with Crippen molar-refractivity contribution in [1.29, 1.82) is 0 Å². The van der Waals surface area contributed by atoms with Gasteiger partial charge in [-0.2, -0.15) is 0 Å². The Morgan fingerprint density at radius 1 is 1.11 bits per heavy atom. The largest absolute Gasteiger partial charge is 0.445 e. The van der Waals surface area contributed by atoms with Gasteiger partial charge in [0.05, 0.1) is 6.04 Å². The van der Waals surface area contributed by atoms with Crippen LogP contribution in [0.15, 0.2) is 60.7 Å². The van der Waals surface area contributed by atoms with Gasteiger partial charge in [0, 0.05) is 31.6 Å². The van der Waals surface area contributed by atoms with E-state index in [0.29, 0.717) is 24.9 Å². The molecule has 1 saturated heterocycles. The molecule has 0 aromatic heterocycles. The van der Waals surface area contributed by atoms with Crippen LogP contribution in [0.3, 0.4) is 0 Å². The number of alkyl carbamates (subject to hydrolysis) is 1. The van der Waals surface area contributed by atoms with E-state index in [0.717, 1.165) is 37.8 Å². The van der Waals surface area contributed by atoms with Gasteiger partial charge >= 0.3 is 6.09 Å². The smallest absolute Gasteiger partial charge is 0.407 e. The van der Waals surface area contributed by atoms with Crippen LogP contribution in [-0.2, 0) is 16.1 Å². The molecule has 0 saturated carbocycles. The number of carbonyl (C=O) groups excluding carboxylic acids is 2. The number of hydrogen-bond donors (Lipinski definition) is 2. The first-order valence-corrected chi connectivity index (χ1v) is 13.0. The fourth-order valence-electron chi connectivity index (χ4n) is 4.57. The molecule has 190 valence electrons. The lowest BCUT2D eigenvalue weighted by Crippen LogP contribution is -2.49. The SMILES string of the molecule is CC[C@H](CN1CCC(CNC(=O)OCc2ccccc2)N[C@@H](CCC(C)C)C1=O)c1ccccc1. The Kier molecular flexibility index (Phi) is 10.6. The molecule has 3 rings (SSSR count). The van der Waals surface area contributed by atoms with Crippen LogP contribution in [0.1, 0.15) is 63.5 Å². The fraction of sp³-hybridized carbons (Fsp3) is 0.517. The second-order valence-corrected chi connectivity index (χ2v) is 9.92. The van der Waals surface area contributed by atoms with Crippen LogP contribution in [0.4, 0.5) is 4.79 Å². The van der Waals surface area contributed by atoms with E-state index in [4.69, 9.17) is 4.74 Å². The Hall–Kier alpha value is -2.86. The molecule has 1 aliphatic rings. The quantitative estimate of drug-likeness (QED) is 0.470. The van der Waals surface area contributed by atoms with Gasteiger partial charge in [0.15, 0.2) is 0 Å². The zero-order valence-corrected chi connectivity index (χ0v) is 21.4. The van der Waals surface area contributed by atoms with Crippen molar-refractivity contribution >= 4 is 12.0 Å². The zero-order valence-electron chi connectivity index (χ0n) is 21.4. The van der Waals surface area contributed by atoms with E-state index in [2.05, 4.69) is 55.7 Å². The number of ether oxygens (including phenoxy) is 1. The number of amides is 2. The Balaban J connectivity index is 1.59. The molecule has 6 nitrogen and oxygen atoms in total. The highest BCUT2D eigenvalue weighted by molar-refractivity contribution is 5.82. The molecule has 2 aromatic carbocycles. The van der Waals surface area contributed by atoms with E-state index in [1.54, 1.807) is 0 Å². The molecular formula is C29H41N3O3. The van der Waals surface area contributed by atoms with Gasteiger partial charge in [0.2, 0.25) is 5.91 Å². The van der Waals surface area contributed by atoms with Crippen molar-refractivity contribution in [2.24, 2.45) is 5.92 Å². The summed E-state index contributed by atoms with van der Waals surface area (Å²) in [6.45, 7) is 8.63. The summed E-state index contributed by atoms with van der Waals surface area (Å²) < 4.78 is 5.36. The van der Waals surface area contributed by atoms with Gasteiger partial charge in [-0.1, -0.05) is 81.4 Å². The number of carbonyl (C=O) groups is 2. The maximum atomic E-state index is 13.5. The van der Waals surface area contributed by atoms with Gasteiger partial charge in [-0.3, -0.25) is 4.79 Å². The number of nitrogens with zero attached hydrogens (tertiary/aromatic N) is 1. The van der Waals surface area contributed by atoms with E-state index < -0.39 is 6.09 Å². The van der Waals surface area contributed by atoms with Crippen LogP contribution in [0.2, 0.25) is 0 Å². The van der Waals surface area contributed by atoms with Gasteiger partial charge < -0.3 is 20.3 Å². The Morgan fingerprint density at radius 2 is 1.80 bits per heavy atom. The minimum absolute atomic E-state index is 0.0159. The summed E-state index contributed by atoms with van der Waals surface area (Å²) in [4.78, 5) is 27.8. The first-order chi connectivity index (χ1) is 17.0. The second-order valence-electron chi connectivity index (χ2n) is 9.92. The Bertz CT molecular complexity index is 904. The molecule has 1 heterocycles. The Labute approximate surface area is 210 Å². The zero-order chi connectivity index (χ0) is 25.0. The van der Waals surface area contributed by atoms with Crippen LogP contribution >= 0.6 is 0 Å². The van der Waals surface area contributed by atoms with Gasteiger partial charge in [0.25, 0.3) is 0 Å². The third-order valence-corrected chi connectivity index (χ3v) is 6.74. The highest BCUT2D eigenvalue weighted by Gasteiger charge is 2.32. The molecule has 1 aliphatic heterocycles. The molecule has 1 unspecified atom stereocenters. The average molecular weight is 480 g/mol. The van der Waals surface area contributed by atoms with Crippen LogP contribution in [0.5, 0.6) is 0 Å². The van der Waals surface area contributed by atoms with E-state index in [9.17, 15) is 9.59 Å². The summed E-state index contributed by atoms with van der Waals surface area (Å²) in [5.74, 6) is 1.02. The van der Waals surface area contributed by atoms with Crippen molar-refractivity contribution in [3.05, 3.63) is 71.8 Å². The maximum absolute atomic E-state index is 13.5. The van der Waals surface area contributed by atoms with Crippen molar-refractivity contribution in [2.75, 3.05) is 19.6 Å². The molecular weight excluding hydrogens is 438 g/mol. The first kappa shape index (κ1) is 26.7. The standard InChI is InChI=1S/C29H41N3O3/c1-4-24(25-13-9-6-10-14-25)20-32-18-17-26(31-27(28(32)33)16-15-22(2)3)19-30-29(34)35-21-23-11-7-5-8-12-23/h5-14,22,24,26-27,31H,4,15-21H2,1-3H3,(H,30,34)/t24-,26?,27+/m1/s1. The van der Waals surface area contributed by atoms with Crippen molar-refractivity contribution in [1.82, 2.24) is 15.5 Å². The highest BCUT2D eigenvalue weighted by Crippen LogP contribution is 2.23. The second kappa shape index (κ2) is 13.9. The van der Waals surface area contributed by atoms with Crippen LogP contribution in [0.25, 0.3) is 0 Å². The molecule has 0 bridgehead atoms. The van der Waals surface area contributed by atoms with Gasteiger partial charge in [-0.15, -0.1) is 0 Å². The molecule has 0 spiro atoms. The molecule has 2 amide bonds. The topological polar surface area (TPSA) is 70.7 Å². The van der Waals surface area contributed by atoms with Crippen molar-refractivity contribution in [3.8, 4) is 0 Å². The van der Waals surface area contributed by atoms with Crippen molar-refractivity contribution < 1.29 is 14.3 Å². The summed E-state index contributed by atoms with van der Waals surface area (Å²) in [6, 6.07) is 19.9. The summed E-state index contributed by atoms with van der Waals surface area (Å²) in [5.41, 5.74) is 2.23. The third-order valence-electron chi connectivity index (χ3n) is 6.74. The van der Waals surface area contributed by atoms with E-state index in [1.807, 2.05) is 41.3 Å². The lowest BCUT2D eigenvalue weighted by molar-refractivity contribution is -0.133. The summed E-state index contributed by atoms with van der Waals surface area (Å²) in [5, 5.41) is 6.44. The van der Waals surface area contributed by atoms with Gasteiger partial charge in [0.1, 0.15) is 6.61 Å². The molecule has 0 aliphatic carbocycles. The minimum Gasteiger partial charge on any atom is -0.445 e. The summed E-state index contributed by atoms with van der Waals surface area (Å²) in [7, 11) is 0. The number of nitrogens with one attached hydrogen (secondary N) is 2. The fourth-order valence-corrected chi connectivity index (χ4v) is 4.57. The summed E-state index contributed by atoms with van der Waals surface area (Å²) >= 11 is 0. The Morgan fingerprint density at radius 3 is 2.46 bits per heavy atom. The van der Waals surface area contributed by atoms with E-state index in [-0.39, 0.29) is 24.6 Å². The maximum Gasteiger partial charge on any atom is 0.407 e. The molecule has 2 aromatic rings. The number of benzene rings is 2. The monoisotopic (exact) mass is 479 g/mol. The minimum atomic E-state index is -0.433. The predicted octanol–water partition coefficient (Wildman–Crippen LogP) is 5.10. The molecule has 0 radical (unpaired) electrons. The predicted molar refractivity (Wildman–Crippen MR) is 140 cm³/mol. The van der Waals surface area contributed by atoms with Crippen molar-refractivity contribution in [2.45, 2.75) is 71.1 Å². The highest BCUT2D eigenvalue weighted by atomic mass is 16.5. The lowest BCUT2D eigenvalue weighted by Gasteiger charge is -2.29. The first-order valence-electron chi connectivity index (χ1n) is 13.0. The number of rotatable bonds is 11. The molecule has 6 heteroatoms. The summed E-state index contributed by atoms with van der Waals surface area (Å²) in [6.07, 6.45) is 3.11. The van der Waals surface area contributed by atoms with Gasteiger partial charge in [-0.05, 0) is 42.7 Å². The van der Waals surface area contributed by atoms with Crippen molar-refractivity contribution in [3.63, 3.8) is 0 Å². The number of hydrogen-bond acceptors (Lipinski definition) is 4. The van der Waals surface area contributed by atoms with Gasteiger partial charge in [-0.25, -0.2) is 4.79 Å². The normalized spacial score (nSPS) is 19.3. The molecule has 2 N–H and O–H groups in total. The van der Waals surface area contributed by atoms with Crippen LogP contribution < -0.4 is 10.6 Å².